The van der Waals surface area contributed by atoms with Crippen molar-refractivity contribution in [2.24, 2.45) is 4.99 Å². The van der Waals surface area contributed by atoms with E-state index >= 15 is 0 Å². The maximum absolute atomic E-state index is 4.11. The summed E-state index contributed by atoms with van der Waals surface area (Å²) in [6.07, 6.45) is 6.60. The van der Waals surface area contributed by atoms with Crippen LogP contribution < -0.4 is 5.32 Å². The van der Waals surface area contributed by atoms with Crippen LogP contribution in [-0.2, 0) is 0 Å². The van der Waals surface area contributed by atoms with Crippen LogP contribution in [0.4, 0.5) is 0 Å². The second-order valence-corrected chi connectivity index (χ2v) is 2.16. The fourth-order valence-corrected chi connectivity index (χ4v) is 0.702. The molecule has 0 amide bonds. The predicted octanol–water partition coefficient (Wildman–Crippen LogP) is 1.65. The lowest BCUT2D eigenvalue weighted by Crippen LogP contribution is -2.11. The van der Waals surface area contributed by atoms with Crippen molar-refractivity contribution in [3.8, 4) is 0 Å². The van der Waals surface area contributed by atoms with Crippen LogP contribution in [0.2, 0.25) is 0 Å². The van der Waals surface area contributed by atoms with Gasteiger partial charge in [-0.15, -0.1) is 0 Å². The van der Waals surface area contributed by atoms with Crippen molar-refractivity contribution in [1.82, 2.24) is 5.32 Å². The van der Waals surface area contributed by atoms with Crippen molar-refractivity contribution < 1.29 is 1.43 Å². The lowest BCUT2D eigenvalue weighted by molar-refractivity contribution is 0.824. The molecule has 0 aromatic heterocycles. The van der Waals surface area contributed by atoms with Crippen LogP contribution in [0, 0.1) is 0 Å². The number of hydrogen-bond donors (Lipinski definition) is 1. The summed E-state index contributed by atoms with van der Waals surface area (Å²) in [7, 11) is 3.74. The fourth-order valence-electron chi connectivity index (χ4n) is 0.702. The average Bonchev–Trinajstić information content (AvgIpc) is 2.05. The Morgan fingerprint density at radius 2 is 2.45 bits per heavy atom. The predicted molar refractivity (Wildman–Crippen MR) is 53.4 cm³/mol. The van der Waals surface area contributed by atoms with Gasteiger partial charge >= 0.3 is 0 Å². The number of aliphatic imine (C=N–C) groups is 1. The van der Waals surface area contributed by atoms with Gasteiger partial charge in [0.25, 0.3) is 0 Å². The van der Waals surface area contributed by atoms with Gasteiger partial charge in [0.2, 0.25) is 0 Å². The van der Waals surface area contributed by atoms with Gasteiger partial charge in [0.1, 0.15) is 0 Å². The summed E-state index contributed by atoms with van der Waals surface area (Å²) >= 11 is 0. The third kappa shape index (κ3) is 5.55. The highest BCUT2D eigenvalue weighted by Gasteiger charge is 1.89. The average molecular weight is 154 g/mol. The van der Waals surface area contributed by atoms with E-state index in [1.807, 2.05) is 19.2 Å². The number of nitrogens with zero attached hydrogens (tertiary/aromatic N) is 1. The first-order chi connectivity index (χ1) is 5.35. The molecule has 0 aliphatic carbocycles. The summed E-state index contributed by atoms with van der Waals surface area (Å²) in [5.41, 5.74) is 1.10. The van der Waals surface area contributed by atoms with E-state index < -0.39 is 0 Å². The monoisotopic (exact) mass is 154 g/mol. The Balaban J connectivity index is 0. The first-order valence-electron chi connectivity index (χ1n) is 3.74. The van der Waals surface area contributed by atoms with Gasteiger partial charge < -0.3 is 5.32 Å². The van der Waals surface area contributed by atoms with E-state index in [2.05, 4.69) is 16.9 Å². The summed E-state index contributed by atoms with van der Waals surface area (Å²) in [6.45, 7) is 4.56. The van der Waals surface area contributed by atoms with Gasteiger partial charge in [-0.1, -0.05) is 18.7 Å². The smallest absolute Gasteiger partial charge is 0.0357 e. The molecule has 0 spiro atoms. The highest BCUT2D eigenvalue weighted by Crippen LogP contribution is 1.87. The Hall–Kier alpha value is -0.890. The number of hydrogen-bond acceptors (Lipinski definition) is 2. The van der Waals surface area contributed by atoms with Crippen molar-refractivity contribution >= 4 is 5.71 Å². The summed E-state index contributed by atoms with van der Waals surface area (Å²) < 4.78 is 0. The van der Waals surface area contributed by atoms with Crippen molar-refractivity contribution in [3.63, 3.8) is 0 Å². The zero-order valence-electron chi connectivity index (χ0n) is 7.30. The highest BCUT2D eigenvalue weighted by molar-refractivity contribution is 5.95. The first kappa shape index (κ1) is 10.1. The van der Waals surface area contributed by atoms with E-state index in [1.54, 1.807) is 13.1 Å². The topological polar surface area (TPSA) is 24.4 Å². The molecule has 1 N–H and O–H groups in total. The number of nitrogens with one attached hydrogen (secondary N) is 1. The summed E-state index contributed by atoms with van der Waals surface area (Å²) in [5, 5.41) is 3.07. The molecule has 0 unspecified atom stereocenters. The lowest BCUT2D eigenvalue weighted by Gasteiger charge is -1.97. The summed E-state index contributed by atoms with van der Waals surface area (Å²) in [6, 6.07) is 0. The van der Waals surface area contributed by atoms with Crippen molar-refractivity contribution in [3.05, 3.63) is 24.8 Å². The molecule has 0 aromatic rings. The molecule has 0 fully saturated rings. The van der Waals surface area contributed by atoms with Crippen LogP contribution in [-0.4, -0.2) is 26.4 Å². The van der Waals surface area contributed by atoms with Gasteiger partial charge in [0.05, 0.1) is 0 Å². The minimum Gasteiger partial charge on any atom is -0.319 e. The van der Waals surface area contributed by atoms with Gasteiger partial charge in [-0.05, 0) is 13.1 Å². The van der Waals surface area contributed by atoms with E-state index in [1.165, 1.54) is 0 Å². The molecule has 2 heteroatoms. The molecular formula is C9H18N2. The van der Waals surface area contributed by atoms with Crippen LogP contribution in [0.1, 0.15) is 7.85 Å². The molecule has 0 saturated carbocycles. The molecule has 0 saturated heterocycles. The Bertz CT molecular complexity index is 162. The van der Waals surface area contributed by atoms with E-state index in [-0.39, 0.29) is 1.43 Å². The van der Waals surface area contributed by atoms with Crippen molar-refractivity contribution in [1.29, 1.82) is 0 Å². The normalized spacial score (nSPS) is 12.4. The maximum Gasteiger partial charge on any atom is 0.0357 e. The lowest BCUT2D eigenvalue weighted by atomic mass is 10.2. The van der Waals surface area contributed by atoms with Crippen molar-refractivity contribution in [2.75, 3.05) is 20.6 Å². The number of allylic oxidation sites excluding steroid dienone is 3. The SMILES string of the molecule is C=C/C=C\C(CCNC)=NC.[HH]. The maximum atomic E-state index is 4.11. The molecule has 64 valence electrons. The Morgan fingerprint density at radius 3 is 2.91 bits per heavy atom. The van der Waals surface area contributed by atoms with Gasteiger partial charge in [-0.25, -0.2) is 0 Å². The van der Waals surface area contributed by atoms with Crippen LogP contribution >= 0.6 is 0 Å². The van der Waals surface area contributed by atoms with Crippen LogP contribution in [0.15, 0.2) is 29.8 Å². The van der Waals surface area contributed by atoms with Gasteiger partial charge in [-0.2, -0.15) is 0 Å². The van der Waals surface area contributed by atoms with E-state index in [9.17, 15) is 0 Å². The summed E-state index contributed by atoms with van der Waals surface area (Å²) in [4.78, 5) is 4.11. The Kier molecular flexibility index (Phi) is 6.64. The largest absolute Gasteiger partial charge is 0.319 e. The molecule has 0 radical (unpaired) electrons. The first-order valence-corrected chi connectivity index (χ1v) is 3.74. The minimum absolute atomic E-state index is 0. The highest BCUT2D eigenvalue weighted by atomic mass is 14.8. The van der Waals surface area contributed by atoms with Crippen LogP contribution in [0.5, 0.6) is 0 Å². The Labute approximate surface area is 70.2 Å². The molecule has 0 rings (SSSR count). The minimum atomic E-state index is 0. The van der Waals surface area contributed by atoms with E-state index in [4.69, 9.17) is 0 Å². The molecule has 0 aliphatic rings. The van der Waals surface area contributed by atoms with Crippen molar-refractivity contribution in [2.45, 2.75) is 6.42 Å². The molecule has 2 nitrogen and oxygen atoms in total. The molecule has 0 aromatic carbocycles. The zero-order valence-corrected chi connectivity index (χ0v) is 7.30. The third-order valence-electron chi connectivity index (χ3n) is 1.34. The summed E-state index contributed by atoms with van der Waals surface area (Å²) in [5.74, 6) is 0. The molecule has 0 aliphatic heterocycles. The molecular weight excluding hydrogens is 136 g/mol. The Morgan fingerprint density at radius 1 is 1.73 bits per heavy atom. The zero-order chi connectivity index (χ0) is 8.53. The van der Waals surface area contributed by atoms with Crippen LogP contribution in [0.25, 0.3) is 0 Å². The van der Waals surface area contributed by atoms with E-state index in [0.29, 0.717) is 0 Å². The van der Waals surface area contributed by atoms with E-state index in [0.717, 1.165) is 18.7 Å². The standard InChI is InChI=1S/C9H16N2.H2/c1-4-5-6-9(11-3)7-8-10-2;/h4-6,10H,1,7-8H2,2-3H3;1H/b6-5-,11-9?;. The number of rotatable bonds is 5. The molecule has 0 atom stereocenters. The fraction of sp³-hybridized carbons (Fsp3) is 0.444. The van der Waals surface area contributed by atoms with Gasteiger partial charge in [0, 0.05) is 27.2 Å². The van der Waals surface area contributed by atoms with Gasteiger partial charge in [0.15, 0.2) is 0 Å². The second-order valence-electron chi connectivity index (χ2n) is 2.16. The molecule has 0 heterocycles. The molecule has 11 heavy (non-hydrogen) atoms. The second kappa shape index (κ2) is 7.22. The van der Waals surface area contributed by atoms with Crippen LogP contribution in [0.3, 0.4) is 0 Å². The molecule has 0 bridgehead atoms. The van der Waals surface area contributed by atoms with Gasteiger partial charge in [-0.3, -0.25) is 4.99 Å². The quantitative estimate of drug-likeness (QED) is 0.472. The third-order valence-corrected chi connectivity index (χ3v) is 1.34.